The van der Waals surface area contributed by atoms with E-state index in [1.54, 1.807) is 24.3 Å². The Balaban J connectivity index is 1.52. The first-order valence-electron chi connectivity index (χ1n) is 9.19. The lowest BCUT2D eigenvalue weighted by Gasteiger charge is -2.35. The van der Waals surface area contributed by atoms with Gasteiger partial charge >= 0.3 is 0 Å². The normalized spacial score (nSPS) is 16.9. The van der Waals surface area contributed by atoms with E-state index >= 15 is 0 Å². The lowest BCUT2D eigenvalue weighted by molar-refractivity contribution is 0.0557. The molecule has 3 rings (SSSR count). The van der Waals surface area contributed by atoms with Gasteiger partial charge in [-0.3, -0.25) is 4.90 Å². The van der Waals surface area contributed by atoms with Crippen molar-refractivity contribution in [1.29, 1.82) is 5.26 Å². The van der Waals surface area contributed by atoms with E-state index in [1.165, 1.54) is 28.6 Å². The molecule has 1 saturated heterocycles. The van der Waals surface area contributed by atoms with E-state index in [1.807, 2.05) is 11.0 Å². The molecule has 7 nitrogen and oxygen atoms in total. The summed E-state index contributed by atoms with van der Waals surface area (Å²) in [5.41, 5.74) is 0.121. The number of β-amino-alcohol motifs (C(OH)–C–C–N with tert-alkyl or cyclic N) is 1. The number of para-hydroxylation sites is 1. The molecular weight excluding hydrogens is 397 g/mol. The molecular formula is C20H22FN3O4S. The van der Waals surface area contributed by atoms with Crippen LogP contribution in [0.25, 0.3) is 0 Å². The van der Waals surface area contributed by atoms with Gasteiger partial charge in [0.15, 0.2) is 11.6 Å². The SMILES string of the molecule is N#Cc1ccccc1S(=O)(=O)N1CCN(CC(O)COc2ccccc2F)CC1. The molecule has 9 heteroatoms. The van der Waals surface area contributed by atoms with Crippen molar-refractivity contribution < 1.29 is 22.7 Å². The van der Waals surface area contributed by atoms with Crippen LogP contribution in [0.1, 0.15) is 5.56 Å². The second-order valence-corrected chi connectivity index (χ2v) is 8.61. The van der Waals surface area contributed by atoms with E-state index in [0.717, 1.165) is 0 Å². The lowest BCUT2D eigenvalue weighted by Crippen LogP contribution is -2.50. The number of hydrogen-bond acceptors (Lipinski definition) is 6. The third-order valence-corrected chi connectivity index (χ3v) is 6.65. The summed E-state index contributed by atoms with van der Waals surface area (Å²) in [7, 11) is -3.75. The van der Waals surface area contributed by atoms with Gasteiger partial charge in [0.2, 0.25) is 10.0 Å². The maximum Gasteiger partial charge on any atom is 0.244 e. The molecule has 2 aromatic carbocycles. The number of ether oxygens (including phenoxy) is 1. The largest absolute Gasteiger partial charge is 0.488 e. The Labute approximate surface area is 169 Å². The van der Waals surface area contributed by atoms with Crippen molar-refractivity contribution in [2.75, 3.05) is 39.3 Å². The number of sulfonamides is 1. The number of hydrogen-bond donors (Lipinski definition) is 1. The van der Waals surface area contributed by atoms with Crippen LogP contribution in [0.4, 0.5) is 4.39 Å². The molecule has 0 radical (unpaired) electrons. The summed E-state index contributed by atoms with van der Waals surface area (Å²) < 4.78 is 45.9. The summed E-state index contributed by atoms with van der Waals surface area (Å²) in [6.07, 6.45) is -0.836. The average Bonchev–Trinajstić information content (AvgIpc) is 2.73. The topological polar surface area (TPSA) is 93.9 Å². The molecule has 0 aromatic heterocycles. The van der Waals surface area contributed by atoms with E-state index in [9.17, 15) is 17.9 Å². The van der Waals surface area contributed by atoms with Gasteiger partial charge in [0.1, 0.15) is 18.8 Å². The first-order chi connectivity index (χ1) is 13.9. The maximum absolute atomic E-state index is 13.5. The predicted octanol–water partition coefficient (Wildman–Crippen LogP) is 1.44. The molecule has 1 atom stereocenters. The zero-order valence-electron chi connectivity index (χ0n) is 15.7. The van der Waals surface area contributed by atoms with Gasteiger partial charge in [-0.1, -0.05) is 24.3 Å². The molecule has 29 heavy (non-hydrogen) atoms. The van der Waals surface area contributed by atoms with E-state index in [0.29, 0.717) is 13.1 Å². The number of aliphatic hydroxyl groups is 1. The molecule has 1 fully saturated rings. The number of nitrogens with zero attached hydrogens (tertiary/aromatic N) is 3. The van der Waals surface area contributed by atoms with Crippen molar-refractivity contribution in [1.82, 2.24) is 9.21 Å². The van der Waals surface area contributed by atoms with Crippen molar-refractivity contribution in [3.63, 3.8) is 0 Å². The van der Waals surface area contributed by atoms with Crippen LogP contribution in [-0.4, -0.2) is 68.2 Å². The van der Waals surface area contributed by atoms with Gasteiger partial charge in [0.05, 0.1) is 10.5 Å². The zero-order valence-corrected chi connectivity index (χ0v) is 16.6. The molecule has 0 spiro atoms. The summed E-state index contributed by atoms with van der Waals surface area (Å²) in [6.45, 7) is 1.60. The van der Waals surface area contributed by atoms with Crippen LogP contribution in [-0.2, 0) is 10.0 Å². The van der Waals surface area contributed by atoms with Gasteiger partial charge in [0, 0.05) is 32.7 Å². The Morgan fingerprint density at radius 1 is 1.10 bits per heavy atom. The molecule has 1 unspecified atom stereocenters. The number of aliphatic hydroxyl groups excluding tert-OH is 1. The first-order valence-corrected chi connectivity index (χ1v) is 10.6. The molecule has 0 saturated carbocycles. The van der Waals surface area contributed by atoms with Crippen molar-refractivity contribution >= 4 is 10.0 Å². The number of rotatable bonds is 7. The summed E-state index contributed by atoms with van der Waals surface area (Å²) in [5, 5.41) is 19.3. The minimum absolute atomic E-state index is 0.00859. The Morgan fingerprint density at radius 3 is 2.45 bits per heavy atom. The minimum atomic E-state index is -3.75. The fourth-order valence-corrected chi connectivity index (χ4v) is 4.74. The maximum atomic E-state index is 13.5. The van der Waals surface area contributed by atoms with Gasteiger partial charge in [-0.25, -0.2) is 12.8 Å². The van der Waals surface area contributed by atoms with E-state index in [-0.39, 0.29) is 42.4 Å². The monoisotopic (exact) mass is 419 g/mol. The van der Waals surface area contributed by atoms with Gasteiger partial charge < -0.3 is 9.84 Å². The van der Waals surface area contributed by atoms with Gasteiger partial charge in [0.25, 0.3) is 0 Å². The fourth-order valence-electron chi connectivity index (χ4n) is 3.17. The molecule has 0 bridgehead atoms. The number of nitriles is 1. The molecule has 1 N–H and O–H groups in total. The van der Waals surface area contributed by atoms with E-state index in [4.69, 9.17) is 10.00 Å². The van der Waals surface area contributed by atoms with Crippen LogP contribution in [0, 0.1) is 17.1 Å². The van der Waals surface area contributed by atoms with Gasteiger partial charge in [-0.15, -0.1) is 0 Å². The van der Waals surface area contributed by atoms with E-state index in [2.05, 4.69) is 0 Å². The average molecular weight is 419 g/mol. The highest BCUT2D eigenvalue weighted by Gasteiger charge is 2.30. The van der Waals surface area contributed by atoms with Crippen LogP contribution in [0.5, 0.6) is 5.75 Å². The van der Waals surface area contributed by atoms with Gasteiger partial charge in [-0.2, -0.15) is 9.57 Å². The molecule has 1 aliphatic rings. The smallest absolute Gasteiger partial charge is 0.244 e. The van der Waals surface area contributed by atoms with Crippen LogP contribution in [0.15, 0.2) is 53.4 Å². The lowest BCUT2D eigenvalue weighted by atomic mass is 10.2. The second-order valence-electron chi connectivity index (χ2n) is 6.71. The first kappa shape index (κ1) is 21.2. The Hall–Kier alpha value is -2.51. The highest BCUT2D eigenvalue weighted by Crippen LogP contribution is 2.21. The summed E-state index contributed by atoms with van der Waals surface area (Å²) in [6, 6.07) is 14.0. The number of benzene rings is 2. The molecule has 0 amide bonds. The van der Waals surface area contributed by atoms with Crippen LogP contribution >= 0.6 is 0 Å². The quantitative estimate of drug-likeness (QED) is 0.730. The fraction of sp³-hybridized carbons (Fsp3) is 0.350. The van der Waals surface area contributed by atoms with E-state index < -0.39 is 21.9 Å². The summed E-state index contributed by atoms with van der Waals surface area (Å²) >= 11 is 0. The van der Waals surface area contributed by atoms with Gasteiger partial charge in [-0.05, 0) is 24.3 Å². The van der Waals surface area contributed by atoms with Crippen molar-refractivity contribution in [3.8, 4) is 11.8 Å². The third-order valence-electron chi connectivity index (χ3n) is 4.69. The molecule has 2 aromatic rings. The summed E-state index contributed by atoms with van der Waals surface area (Å²) in [5.74, 6) is -0.408. The zero-order chi connectivity index (χ0) is 20.9. The third kappa shape index (κ3) is 5.10. The van der Waals surface area contributed by atoms with Crippen molar-refractivity contribution in [3.05, 3.63) is 59.9 Å². The molecule has 154 valence electrons. The van der Waals surface area contributed by atoms with Crippen molar-refractivity contribution in [2.45, 2.75) is 11.0 Å². The van der Waals surface area contributed by atoms with Crippen LogP contribution in [0.3, 0.4) is 0 Å². The standard InChI is InChI=1S/C20H22FN3O4S/c21-18-6-2-3-7-19(18)28-15-17(25)14-23-9-11-24(12-10-23)29(26,27)20-8-4-1-5-16(20)13-22/h1-8,17,25H,9-12,14-15H2. The second kappa shape index (κ2) is 9.33. The van der Waals surface area contributed by atoms with Crippen LogP contribution in [0.2, 0.25) is 0 Å². The molecule has 0 aliphatic carbocycles. The Bertz CT molecular complexity index is 985. The highest BCUT2D eigenvalue weighted by molar-refractivity contribution is 7.89. The number of halogens is 1. The number of piperazine rings is 1. The Morgan fingerprint density at radius 2 is 1.76 bits per heavy atom. The van der Waals surface area contributed by atoms with Crippen molar-refractivity contribution in [2.24, 2.45) is 0 Å². The predicted molar refractivity (Wildman–Crippen MR) is 104 cm³/mol. The molecule has 1 heterocycles. The van der Waals surface area contributed by atoms with Crippen LogP contribution < -0.4 is 4.74 Å². The minimum Gasteiger partial charge on any atom is -0.488 e. The highest BCUT2D eigenvalue weighted by atomic mass is 32.2. The summed E-state index contributed by atoms with van der Waals surface area (Å²) in [4.78, 5) is 1.94. The molecule has 1 aliphatic heterocycles. The Kier molecular flexibility index (Phi) is 6.82.